The first-order valence-electron chi connectivity index (χ1n) is 4.58. The third-order valence-corrected chi connectivity index (χ3v) is 2.33. The number of carbonyl (C=O) groups is 2. The predicted molar refractivity (Wildman–Crippen MR) is 50.2 cm³/mol. The Morgan fingerprint density at radius 2 is 2.23 bits per heavy atom. The number of amides is 1. The molecule has 0 aromatic carbocycles. The molecule has 0 saturated carbocycles. The van der Waals surface area contributed by atoms with Crippen molar-refractivity contribution in [1.29, 1.82) is 0 Å². The number of carbonyl (C=O) groups excluding carboxylic acids is 2. The van der Waals surface area contributed by atoms with Gasteiger partial charge in [-0.1, -0.05) is 6.58 Å². The van der Waals surface area contributed by atoms with Gasteiger partial charge in [-0.3, -0.25) is 4.79 Å². The van der Waals surface area contributed by atoms with E-state index >= 15 is 0 Å². The second-order valence-electron chi connectivity index (χ2n) is 3.48. The second kappa shape index (κ2) is 4.21. The maximum atomic E-state index is 11.5. The Kier molecular flexibility index (Phi) is 3.23. The molecule has 1 amide bonds. The van der Waals surface area contributed by atoms with Crippen molar-refractivity contribution in [3.63, 3.8) is 0 Å². The molecule has 0 aromatic rings. The lowest BCUT2D eigenvalue weighted by atomic mass is 10.0. The van der Waals surface area contributed by atoms with Gasteiger partial charge in [0.05, 0.1) is 6.04 Å². The molecule has 0 aromatic heterocycles. The average Bonchev–Trinajstić information content (AvgIpc) is 2.16. The number of hydrogen-bond donors (Lipinski definition) is 0. The van der Waals surface area contributed by atoms with Crippen molar-refractivity contribution >= 4 is 12.2 Å². The molecule has 1 heterocycles. The minimum Gasteiger partial charge on any atom is -0.329 e. The highest BCUT2D eigenvalue weighted by molar-refractivity contribution is 5.93. The van der Waals surface area contributed by atoms with Gasteiger partial charge in [-0.25, -0.2) is 0 Å². The highest BCUT2D eigenvalue weighted by Gasteiger charge is 2.25. The summed E-state index contributed by atoms with van der Waals surface area (Å²) in [6.07, 6.45) is 3.68. The van der Waals surface area contributed by atoms with Gasteiger partial charge in [0.25, 0.3) is 0 Å². The second-order valence-corrected chi connectivity index (χ2v) is 3.48. The lowest BCUT2D eigenvalue weighted by Gasteiger charge is -2.32. The number of likely N-dealkylation sites (tertiary alicyclic amines) is 1. The van der Waals surface area contributed by atoms with E-state index in [0.717, 1.165) is 25.5 Å². The van der Waals surface area contributed by atoms with Crippen molar-refractivity contribution in [3.05, 3.63) is 12.2 Å². The zero-order valence-corrected chi connectivity index (χ0v) is 7.95. The molecule has 0 aliphatic carbocycles. The fourth-order valence-corrected chi connectivity index (χ4v) is 1.60. The van der Waals surface area contributed by atoms with Crippen molar-refractivity contribution in [2.45, 2.75) is 32.2 Å². The number of aldehydes is 1. The summed E-state index contributed by atoms with van der Waals surface area (Å²) in [4.78, 5) is 23.8. The monoisotopic (exact) mass is 181 g/mol. The van der Waals surface area contributed by atoms with E-state index in [1.165, 1.54) is 0 Å². The zero-order valence-electron chi connectivity index (χ0n) is 7.95. The van der Waals surface area contributed by atoms with Crippen LogP contribution in [-0.4, -0.2) is 29.7 Å². The van der Waals surface area contributed by atoms with Gasteiger partial charge in [-0.2, -0.15) is 0 Å². The van der Waals surface area contributed by atoms with Crippen LogP contribution in [0.15, 0.2) is 12.2 Å². The summed E-state index contributed by atoms with van der Waals surface area (Å²) >= 11 is 0. The van der Waals surface area contributed by atoms with E-state index < -0.39 is 0 Å². The summed E-state index contributed by atoms with van der Waals surface area (Å²) in [6.45, 7) is 5.96. The van der Waals surface area contributed by atoms with E-state index in [0.29, 0.717) is 12.1 Å². The summed E-state index contributed by atoms with van der Waals surface area (Å²) in [5, 5.41) is 0. The maximum Gasteiger partial charge on any atom is 0.249 e. The Hall–Kier alpha value is -1.12. The summed E-state index contributed by atoms with van der Waals surface area (Å²) in [5.41, 5.74) is 0.508. The molecule has 13 heavy (non-hydrogen) atoms. The predicted octanol–water partition coefficient (Wildman–Crippen LogP) is 1.14. The molecule has 1 rings (SSSR count). The molecule has 1 saturated heterocycles. The van der Waals surface area contributed by atoms with Crippen molar-refractivity contribution in [1.82, 2.24) is 4.90 Å². The Bertz CT molecular complexity index is 235. The number of hydrogen-bond acceptors (Lipinski definition) is 2. The molecular formula is C10H15NO2. The first-order valence-corrected chi connectivity index (χ1v) is 4.58. The molecular weight excluding hydrogens is 166 g/mol. The van der Waals surface area contributed by atoms with Crippen LogP contribution in [0.5, 0.6) is 0 Å². The summed E-state index contributed by atoms with van der Waals surface area (Å²) < 4.78 is 0. The summed E-state index contributed by atoms with van der Waals surface area (Å²) in [5.74, 6) is -0.0863. The van der Waals surface area contributed by atoms with Gasteiger partial charge in [0.1, 0.15) is 6.29 Å². The number of nitrogens with zero attached hydrogens (tertiary/aromatic N) is 1. The summed E-state index contributed by atoms with van der Waals surface area (Å²) in [7, 11) is 0. The van der Waals surface area contributed by atoms with Crippen LogP contribution in [0.2, 0.25) is 0 Å². The minimum absolute atomic E-state index is 0.0863. The molecule has 3 nitrogen and oxygen atoms in total. The van der Waals surface area contributed by atoms with Crippen molar-refractivity contribution in [3.8, 4) is 0 Å². The van der Waals surface area contributed by atoms with Crippen molar-refractivity contribution in [2.24, 2.45) is 0 Å². The van der Waals surface area contributed by atoms with Crippen LogP contribution >= 0.6 is 0 Å². The third kappa shape index (κ3) is 2.17. The van der Waals surface area contributed by atoms with Crippen molar-refractivity contribution in [2.75, 3.05) is 6.54 Å². The molecule has 1 unspecified atom stereocenters. The fraction of sp³-hybridized carbons (Fsp3) is 0.600. The van der Waals surface area contributed by atoms with Gasteiger partial charge < -0.3 is 9.69 Å². The molecule has 72 valence electrons. The van der Waals surface area contributed by atoms with Gasteiger partial charge in [0.15, 0.2) is 0 Å². The van der Waals surface area contributed by atoms with Crippen LogP contribution in [0, 0.1) is 0 Å². The van der Waals surface area contributed by atoms with E-state index in [2.05, 4.69) is 6.58 Å². The third-order valence-electron chi connectivity index (χ3n) is 2.33. The molecule has 0 N–H and O–H groups in total. The number of piperidine rings is 1. The Morgan fingerprint density at radius 1 is 1.54 bits per heavy atom. The van der Waals surface area contributed by atoms with Crippen LogP contribution in [0.3, 0.4) is 0 Å². The van der Waals surface area contributed by atoms with Gasteiger partial charge >= 0.3 is 0 Å². The van der Waals surface area contributed by atoms with E-state index in [4.69, 9.17) is 0 Å². The van der Waals surface area contributed by atoms with Gasteiger partial charge in [0.2, 0.25) is 5.91 Å². The summed E-state index contributed by atoms with van der Waals surface area (Å²) in [6, 6.07) is -0.224. The lowest BCUT2D eigenvalue weighted by Crippen LogP contribution is -2.44. The fourth-order valence-electron chi connectivity index (χ4n) is 1.60. The molecule has 0 bridgehead atoms. The van der Waals surface area contributed by atoms with E-state index in [1.807, 2.05) is 0 Å². The molecule has 1 fully saturated rings. The van der Waals surface area contributed by atoms with E-state index in [-0.39, 0.29) is 11.9 Å². The van der Waals surface area contributed by atoms with Crippen molar-refractivity contribution < 1.29 is 9.59 Å². The molecule has 0 radical (unpaired) electrons. The SMILES string of the molecule is C=C(C)C(=O)N1CCCCC1C=O. The molecule has 3 heteroatoms. The highest BCUT2D eigenvalue weighted by atomic mass is 16.2. The van der Waals surface area contributed by atoms with Crippen LogP contribution < -0.4 is 0 Å². The zero-order chi connectivity index (χ0) is 9.84. The van der Waals surface area contributed by atoms with Crippen LogP contribution in [0.4, 0.5) is 0 Å². The Labute approximate surface area is 78.4 Å². The van der Waals surface area contributed by atoms with Gasteiger partial charge in [-0.15, -0.1) is 0 Å². The van der Waals surface area contributed by atoms with E-state index in [9.17, 15) is 9.59 Å². The largest absolute Gasteiger partial charge is 0.329 e. The maximum absolute atomic E-state index is 11.5. The molecule has 1 atom stereocenters. The lowest BCUT2D eigenvalue weighted by molar-refractivity contribution is -0.134. The van der Waals surface area contributed by atoms with Gasteiger partial charge in [-0.05, 0) is 26.2 Å². The smallest absolute Gasteiger partial charge is 0.249 e. The average molecular weight is 181 g/mol. The molecule has 1 aliphatic heterocycles. The normalized spacial score (nSPS) is 22.5. The van der Waals surface area contributed by atoms with Gasteiger partial charge in [0, 0.05) is 12.1 Å². The highest BCUT2D eigenvalue weighted by Crippen LogP contribution is 2.17. The Balaban J connectivity index is 2.69. The first kappa shape index (κ1) is 9.96. The minimum atomic E-state index is -0.224. The van der Waals surface area contributed by atoms with Crippen LogP contribution in [0.1, 0.15) is 26.2 Å². The topological polar surface area (TPSA) is 37.4 Å². The molecule has 0 spiro atoms. The van der Waals surface area contributed by atoms with E-state index in [1.54, 1.807) is 11.8 Å². The molecule has 1 aliphatic rings. The van der Waals surface area contributed by atoms with Crippen LogP contribution in [0.25, 0.3) is 0 Å². The number of rotatable bonds is 2. The van der Waals surface area contributed by atoms with Crippen LogP contribution in [-0.2, 0) is 9.59 Å². The first-order chi connectivity index (χ1) is 6.16. The Morgan fingerprint density at radius 3 is 2.77 bits per heavy atom. The quantitative estimate of drug-likeness (QED) is 0.473. The standard InChI is InChI=1S/C10H15NO2/c1-8(2)10(13)11-6-4-3-5-9(11)7-12/h7,9H,1,3-6H2,2H3.